The van der Waals surface area contributed by atoms with Crippen LogP contribution in [0.25, 0.3) is 44.2 Å². The lowest BCUT2D eigenvalue weighted by Gasteiger charge is -2.28. The zero-order valence-electron chi connectivity index (χ0n) is 25.5. The number of hydrogen-bond donors (Lipinski definition) is 0. The summed E-state index contributed by atoms with van der Waals surface area (Å²) < 4.78 is 6.61. The van der Waals surface area contributed by atoms with Crippen molar-refractivity contribution in [3.05, 3.63) is 187 Å². The fourth-order valence-electron chi connectivity index (χ4n) is 7.53. The van der Waals surface area contributed by atoms with Crippen LogP contribution in [-0.2, 0) is 5.41 Å². The first kappa shape index (κ1) is 26.5. The zero-order valence-corrected chi connectivity index (χ0v) is 25.5. The van der Waals surface area contributed by atoms with Crippen LogP contribution in [0.1, 0.15) is 23.6 Å². The van der Waals surface area contributed by atoms with E-state index in [0.717, 1.165) is 44.6 Å². The molecule has 0 radical (unpaired) electrons. The monoisotopic (exact) mass is 589 g/mol. The summed E-state index contributed by atoms with van der Waals surface area (Å²) in [4.78, 5) is 2.29. The number of rotatable bonds is 5. The second-order valence-electron chi connectivity index (χ2n) is 12.3. The Morgan fingerprint density at radius 2 is 1.00 bits per heavy atom. The first-order valence-electron chi connectivity index (χ1n) is 15.9. The molecule has 9 rings (SSSR count). The van der Waals surface area contributed by atoms with E-state index in [2.05, 4.69) is 182 Å². The highest BCUT2D eigenvalue weighted by atomic mass is 16.3. The number of anilines is 3. The lowest BCUT2D eigenvalue weighted by atomic mass is 9.74. The van der Waals surface area contributed by atoms with Gasteiger partial charge in [0, 0.05) is 33.2 Å². The lowest BCUT2D eigenvalue weighted by Crippen LogP contribution is -2.22. The molecule has 8 aromatic rings. The van der Waals surface area contributed by atoms with E-state index in [4.69, 9.17) is 4.42 Å². The first-order chi connectivity index (χ1) is 22.7. The van der Waals surface area contributed by atoms with Crippen LogP contribution in [0.4, 0.5) is 17.1 Å². The largest absolute Gasteiger partial charge is 0.456 e. The summed E-state index contributed by atoms with van der Waals surface area (Å²) >= 11 is 0. The van der Waals surface area contributed by atoms with Gasteiger partial charge in [0.05, 0.1) is 0 Å². The molecule has 0 spiro atoms. The van der Waals surface area contributed by atoms with Crippen molar-refractivity contribution < 1.29 is 4.42 Å². The summed E-state index contributed by atoms with van der Waals surface area (Å²) in [5, 5.41) is 2.29. The topological polar surface area (TPSA) is 16.4 Å². The Kier molecular flexibility index (Phi) is 5.97. The van der Waals surface area contributed by atoms with Gasteiger partial charge in [-0.2, -0.15) is 0 Å². The summed E-state index contributed by atoms with van der Waals surface area (Å²) in [6.45, 7) is 2.35. The number of benzene rings is 7. The third-order valence-electron chi connectivity index (χ3n) is 9.76. The maximum absolute atomic E-state index is 6.61. The molecule has 218 valence electrons. The average Bonchev–Trinajstić information content (AvgIpc) is 3.63. The van der Waals surface area contributed by atoms with E-state index in [1.807, 2.05) is 0 Å². The molecule has 0 saturated carbocycles. The molecule has 0 atom stereocenters. The van der Waals surface area contributed by atoms with Crippen molar-refractivity contribution in [3.63, 3.8) is 0 Å². The third kappa shape index (κ3) is 3.97. The van der Waals surface area contributed by atoms with Crippen molar-refractivity contribution in [3.8, 4) is 22.3 Å². The smallest absolute Gasteiger partial charge is 0.136 e. The SMILES string of the molecule is CC1(c2ccc3c(c2)oc2cccc(-c4ccc(N(c5ccccc5)c5ccccc5)cc4)c23)c2ccccc2-c2ccccc21. The van der Waals surface area contributed by atoms with Crippen LogP contribution in [0.2, 0.25) is 0 Å². The molecule has 7 aromatic carbocycles. The molecule has 0 fully saturated rings. The van der Waals surface area contributed by atoms with Crippen LogP contribution >= 0.6 is 0 Å². The summed E-state index contributed by atoms with van der Waals surface area (Å²) in [6, 6.07) is 60.8. The molecule has 2 nitrogen and oxygen atoms in total. The molecule has 0 bridgehead atoms. The van der Waals surface area contributed by atoms with Crippen molar-refractivity contribution in [1.82, 2.24) is 0 Å². The Morgan fingerprint density at radius 1 is 0.457 bits per heavy atom. The summed E-state index contributed by atoms with van der Waals surface area (Å²) in [5.41, 5.74) is 13.8. The van der Waals surface area contributed by atoms with E-state index in [1.54, 1.807) is 0 Å². The minimum absolute atomic E-state index is 0.262. The van der Waals surface area contributed by atoms with Gasteiger partial charge in [0.25, 0.3) is 0 Å². The van der Waals surface area contributed by atoms with Gasteiger partial charge in [-0.15, -0.1) is 0 Å². The standard InChI is InChI=1S/C44H31NO/c1-44(39-20-10-8-17-36(39)37-18-9-11-21-40(37)44)31-25-28-38-42(29-31)46-41-22-12-19-35(43(38)41)30-23-26-34(27-24-30)45(32-13-4-2-5-14-32)33-15-6-3-7-16-33/h2-29H,1H3. The van der Waals surface area contributed by atoms with Gasteiger partial charge < -0.3 is 9.32 Å². The van der Waals surface area contributed by atoms with Crippen molar-refractivity contribution in [1.29, 1.82) is 0 Å². The fourth-order valence-corrected chi connectivity index (χ4v) is 7.53. The minimum Gasteiger partial charge on any atom is -0.456 e. The van der Waals surface area contributed by atoms with Crippen molar-refractivity contribution in [2.45, 2.75) is 12.3 Å². The lowest BCUT2D eigenvalue weighted by molar-refractivity contribution is 0.662. The molecule has 0 aliphatic heterocycles. The molecular weight excluding hydrogens is 558 g/mol. The highest BCUT2D eigenvalue weighted by Gasteiger charge is 2.40. The van der Waals surface area contributed by atoms with E-state index in [-0.39, 0.29) is 5.41 Å². The number of furan rings is 1. The molecule has 1 aromatic heterocycles. The Balaban J connectivity index is 1.15. The molecule has 1 aliphatic rings. The highest BCUT2D eigenvalue weighted by molar-refractivity contribution is 6.12. The average molecular weight is 590 g/mol. The van der Waals surface area contributed by atoms with Gasteiger partial charge >= 0.3 is 0 Å². The summed E-state index contributed by atoms with van der Waals surface area (Å²) in [7, 11) is 0. The van der Waals surface area contributed by atoms with E-state index in [9.17, 15) is 0 Å². The Bertz CT molecular complexity index is 2280. The number of hydrogen-bond acceptors (Lipinski definition) is 2. The molecule has 0 N–H and O–H groups in total. The molecule has 1 aliphatic carbocycles. The van der Waals surface area contributed by atoms with E-state index >= 15 is 0 Å². The Morgan fingerprint density at radius 3 is 1.63 bits per heavy atom. The van der Waals surface area contributed by atoms with Gasteiger partial charge in [-0.1, -0.05) is 121 Å². The van der Waals surface area contributed by atoms with E-state index in [0.29, 0.717) is 0 Å². The van der Waals surface area contributed by atoms with Gasteiger partial charge in [0.15, 0.2) is 0 Å². The molecule has 1 heterocycles. The fraction of sp³-hybridized carbons (Fsp3) is 0.0455. The van der Waals surface area contributed by atoms with Gasteiger partial charge in [0.1, 0.15) is 11.2 Å². The molecule has 46 heavy (non-hydrogen) atoms. The molecule has 0 unspecified atom stereocenters. The predicted octanol–water partition coefficient (Wildman–Crippen LogP) is 12.1. The second-order valence-corrected chi connectivity index (χ2v) is 12.3. The van der Waals surface area contributed by atoms with Crippen LogP contribution in [0.15, 0.2) is 174 Å². The first-order valence-corrected chi connectivity index (χ1v) is 15.9. The normalized spacial score (nSPS) is 13.1. The van der Waals surface area contributed by atoms with E-state index < -0.39 is 0 Å². The quantitative estimate of drug-likeness (QED) is 0.199. The van der Waals surface area contributed by atoms with Crippen LogP contribution in [0, 0.1) is 0 Å². The van der Waals surface area contributed by atoms with Crippen molar-refractivity contribution in [2.24, 2.45) is 0 Å². The zero-order chi connectivity index (χ0) is 30.7. The number of nitrogens with zero attached hydrogens (tertiary/aromatic N) is 1. The minimum atomic E-state index is -0.262. The van der Waals surface area contributed by atoms with E-state index in [1.165, 1.54) is 33.4 Å². The highest BCUT2D eigenvalue weighted by Crippen LogP contribution is 2.53. The van der Waals surface area contributed by atoms with Crippen molar-refractivity contribution in [2.75, 3.05) is 4.90 Å². The number of fused-ring (bicyclic) bond motifs is 6. The van der Waals surface area contributed by atoms with Crippen molar-refractivity contribution >= 4 is 39.0 Å². The number of para-hydroxylation sites is 2. The molecular formula is C44H31NO. The molecule has 0 amide bonds. The van der Waals surface area contributed by atoms with Gasteiger partial charge in [-0.05, 0) is 94.4 Å². The summed E-state index contributed by atoms with van der Waals surface area (Å²) in [5.74, 6) is 0. The molecule has 0 saturated heterocycles. The van der Waals surface area contributed by atoms with Crippen LogP contribution in [-0.4, -0.2) is 0 Å². The van der Waals surface area contributed by atoms with Gasteiger partial charge in [0.2, 0.25) is 0 Å². The maximum Gasteiger partial charge on any atom is 0.136 e. The van der Waals surface area contributed by atoms with Crippen LogP contribution < -0.4 is 4.90 Å². The molecule has 2 heteroatoms. The predicted molar refractivity (Wildman–Crippen MR) is 191 cm³/mol. The Hall–Kier alpha value is -5.86. The van der Waals surface area contributed by atoms with Gasteiger partial charge in [-0.25, -0.2) is 0 Å². The van der Waals surface area contributed by atoms with Crippen LogP contribution in [0.5, 0.6) is 0 Å². The Labute approximate surface area is 268 Å². The summed E-state index contributed by atoms with van der Waals surface area (Å²) in [6.07, 6.45) is 0. The maximum atomic E-state index is 6.61. The van der Waals surface area contributed by atoms with Crippen LogP contribution in [0.3, 0.4) is 0 Å². The van der Waals surface area contributed by atoms with Gasteiger partial charge in [-0.3, -0.25) is 0 Å². The third-order valence-corrected chi connectivity index (χ3v) is 9.76. The second kappa shape index (κ2) is 10.4.